The summed E-state index contributed by atoms with van der Waals surface area (Å²) in [7, 11) is -3.14. The SMILES string of the molecule is CC(C)(C)c1ccc(C(=O)NCCC(=O)NC2CS(=O)(=O)CC2N2CCCC2)cc1. The van der Waals surface area contributed by atoms with Crippen LogP contribution in [-0.2, 0) is 20.0 Å². The molecule has 1 aromatic carbocycles. The molecule has 2 aliphatic rings. The van der Waals surface area contributed by atoms with Gasteiger partial charge in [-0.15, -0.1) is 0 Å². The van der Waals surface area contributed by atoms with Crippen LogP contribution in [0.5, 0.6) is 0 Å². The molecule has 166 valence electrons. The van der Waals surface area contributed by atoms with Gasteiger partial charge in [-0.3, -0.25) is 14.5 Å². The molecule has 0 radical (unpaired) electrons. The molecule has 0 aliphatic carbocycles. The Labute approximate surface area is 179 Å². The first kappa shape index (κ1) is 22.7. The summed E-state index contributed by atoms with van der Waals surface area (Å²) < 4.78 is 24.2. The lowest BCUT2D eigenvalue weighted by molar-refractivity contribution is -0.121. The van der Waals surface area contributed by atoms with E-state index in [-0.39, 0.29) is 53.8 Å². The highest BCUT2D eigenvalue weighted by atomic mass is 32.2. The monoisotopic (exact) mass is 435 g/mol. The number of carbonyl (C=O) groups is 2. The molecule has 2 unspecified atom stereocenters. The van der Waals surface area contributed by atoms with Gasteiger partial charge in [0.15, 0.2) is 9.84 Å². The van der Waals surface area contributed by atoms with Crippen LogP contribution in [-0.4, -0.2) is 68.4 Å². The van der Waals surface area contributed by atoms with Gasteiger partial charge in [0.25, 0.3) is 5.91 Å². The van der Waals surface area contributed by atoms with Crippen LogP contribution in [0, 0.1) is 0 Å². The summed E-state index contributed by atoms with van der Waals surface area (Å²) in [5, 5.41) is 5.66. The minimum absolute atomic E-state index is 0.00755. The van der Waals surface area contributed by atoms with Gasteiger partial charge in [-0.2, -0.15) is 0 Å². The molecule has 0 bridgehead atoms. The van der Waals surface area contributed by atoms with Crippen LogP contribution >= 0.6 is 0 Å². The van der Waals surface area contributed by atoms with Crippen LogP contribution in [0.4, 0.5) is 0 Å². The van der Waals surface area contributed by atoms with E-state index in [9.17, 15) is 18.0 Å². The molecule has 8 heteroatoms. The Morgan fingerprint density at radius 2 is 1.70 bits per heavy atom. The molecule has 30 heavy (non-hydrogen) atoms. The smallest absolute Gasteiger partial charge is 0.251 e. The summed E-state index contributed by atoms with van der Waals surface area (Å²) in [6.45, 7) is 8.33. The molecule has 0 spiro atoms. The number of likely N-dealkylation sites (tertiary alicyclic amines) is 1. The number of sulfone groups is 1. The highest BCUT2D eigenvalue weighted by Gasteiger charge is 2.42. The highest BCUT2D eigenvalue weighted by Crippen LogP contribution is 2.23. The van der Waals surface area contributed by atoms with E-state index in [1.165, 1.54) is 0 Å². The lowest BCUT2D eigenvalue weighted by atomic mass is 9.87. The summed E-state index contributed by atoms with van der Waals surface area (Å²) in [5.74, 6) is -0.350. The number of hydrogen-bond donors (Lipinski definition) is 2. The quantitative estimate of drug-likeness (QED) is 0.706. The third-order valence-electron chi connectivity index (χ3n) is 5.93. The molecule has 0 aromatic heterocycles. The van der Waals surface area contributed by atoms with Gasteiger partial charge in [0.05, 0.1) is 17.5 Å². The fraction of sp³-hybridized carbons (Fsp3) is 0.636. The summed E-state index contributed by atoms with van der Waals surface area (Å²) in [5.41, 5.74) is 1.73. The lowest BCUT2D eigenvalue weighted by Gasteiger charge is -2.28. The van der Waals surface area contributed by atoms with E-state index in [0.717, 1.165) is 31.5 Å². The number of rotatable bonds is 6. The zero-order chi connectivity index (χ0) is 21.9. The van der Waals surface area contributed by atoms with Crippen molar-refractivity contribution in [1.82, 2.24) is 15.5 Å². The molecule has 2 atom stereocenters. The van der Waals surface area contributed by atoms with E-state index in [0.29, 0.717) is 5.56 Å². The molecular formula is C22H33N3O4S. The van der Waals surface area contributed by atoms with Crippen molar-refractivity contribution in [3.05, 3.63) is 35.4 Å². The van der Waals surface area contributed by atoms with Gasteiger partial charge in [-0.05, 0) is 49.0 Å². The molecule has 2 saturated heterocycles. The zero-order valence-electron chi connectivity index (χ0n) is 18.1. The Morgan fingerprint density at radius 3 is 2.30 bits per heavy atom. The predicted octanol–water partition coefficient (Wildman–Crippen LogP) is 1.48. The topological polar surface area (TPSA) is 95.6 Å². The molecule has 7 nitrogen and oxygen atoms in total. The van der Waals surface area contributed by atoms with Crippen LogP contribution in [0.2, 0.25) is 0 Å². The number of nitrogens with zero attached hydrogens (tertiary/aromatic N) is 1. The maximum atomic E-state index is 12.4. The van der Waals surface area contributed by atoms with Crippen molar-refractivity contribution in [2.24, 2.45) is 0 Å². The number of carbonyl (C=O) groups excluding carboxylic acids is 2. The largest absolute Gasteiger partial charge is 0.352 e. The molecule has 2 N–H and O–H groups in total. The lowest BCUT2D eigenvalue weighted by Crippen LogP contribution is -2.50. The second-order valence-electron chi connectivity index (χ2n) is 9.39. The van der Waals surface area contributed by atoms with Crippen molar-refractivity contribution in [1.29, 1.82) is 0 Å². The Hall–Kier alpha value is -1.93. The van der Waals surface area contributed by atoms with Crippen molar-refractivity contribution in [3.63, 3.8) is 0 Å². The van der Waals surface area contributed by atoms with Crippen LogP contribution < -0.4 is 10.6 Å². The van der Waals surface area contributed by atoms with Gasteiger partial charge in [0, 0.05) is 24.6 Å². The van der Waals surface area contributed by atoms with Crippen molar-refractivity contribution < 1.29 is 18.0 Å². The van der Waals surface area contributed by atoms with Gasteiger partial charge in [0.1, 0.15) is 0 Å². The highest BCUT2D eigenvalue weighted by molar-refractivity contribution is 7.91. The van der Waals surface area contributed by atoms with Crippen molar-refractivity contribution in [3.8, 4) is 0 Å². The van der Waals surface area contributed by atoms with Crippen LogP contribution in [0.15, 0.2) is 24.3 Å². The van der Waals surface area contributed by atoms with Gasteiger partial charge in [-0.25, -0.2) is 8.42 Å². The van der Waals surface area contributed by atoms with Gasteiger partial charge >= 0.3 is 0 Å². The number of nitrogens with one attached hydrogen (secondary N) is 2. The van der Waals surface area contributed by atoms with E-state index in [1.807, 2.05) is 12.1 Å². The third kappa shape index (κ3) is 5.82. The average molecular weight is 436 g/mol. The number of hydrogen-bond acceptors (Lipinski definition) is 5. The first-order valence-corrected chi connectivity index (χ1v) is 12.5. The van der Waals surface area contributed by atoms with Gasteiger partial charge < -0.3 is 10.6 Å². The number of amides is 2. The summed E-state index contributed by atoms with van der Waals surface area (Å²) in [4.78, 5) is 26.9. The van der Waals surface area contributed by atoms with Gasteiger partial charge in [0.2, 0.25) is 5.91 Å². The zero-order valence-corrected chi connectivity index (χ0v) is 18.9. The Kier molecular flexibility index (Phi) is 6.87. The first-order valence-electron chi connectivity index (χ1n) is 10.7. The summed E-state index contributed by atoms with van der Waals surface area (Å²) >= 11 is 0. The maximum Gasteiger partial charge on any atom is 0.251 e. The predicted molar refractivity (Wildman–Crippen MR) is 117 cm³/mol. The average Bonchev–Trinajstić information content (AvgIpc) is 3.28. The van der Waals surface area contributed by atoms with E-state index < -0.39 is 9.84 Å². The van der Waals surface area contributed by atoms with E-state index >= 15 is 0 Å². The van der Waals surface area contributed by atoms with Gasteiger partial charge in [-0.1, -0.05) is 32.9 Å². The fourth-order valence-corrected chi connectivity index (χ4v) is 6.14. The molecular weight excluding hydrogens is 402 g/mol. The maximum absolute atomic E-state index is 12.4. The summed E-state index contributed by atoms with van der Waals surface area (Å²) in [6.07, 6.45) is 2.26. The molecule has 2 fully saturated rings. The van der Waals surface area contributed by atoms with Crippen molar-refractivity contribution in [2.45, 2.75) is 57.5 Å². The van der Waals surface area contributed by atoms with Crippen molar-refractivity contribution >= 4 is 21.7 Å². The van der Waals surface area contributed by atoms with E-state index in [4.69, 9.17) is 0 Å². The molecule has 3 rings (SSSR count). The van der Waals surface area contributed by atoms with Crippen LogP contribution in [0.3, 0.4) is 0 Å². The van der Waals surface area contributed by atoms with Crippen molar-refractivity contribution in [2.75, 3.05) is 31.1 Å². The second kappa shape index (κ2) is 9.06. The standard InChI is InChI=1S/C22H33N3O4S/c1-22(2,3)17-8-6-16(7-9-17)21(27)23-11-10-20(26)24-18-14-30(28,29)15-19(18)25-12-4-5-13-25/h6-9,18-19H,4-5,10-15H2,1-3H3,(H,23,27)(H,24,26). The van der Waals surface area contributed by atoms with Crippen LogP contribution in [0.25, 0.3) is 0 Å². The van der Waals surface area contributed by atoms with E-state index in [2.05, 4.69) is 36.3 Å². The molecule has 2 amide bonds. The van der Waals surface area contributed by atoms with E-state index in [1.54, 1.807) is 12.1 Å². The fourth-order valence-electron chi connectivity index (χ4n) is 4.19. The minimum Gasteiger partial charge on any atom is -0.352 e. The normalized spacial score (nSPS) is 24.0. The molecule has 2 aliphatic heterocycles. The second-order valence-corrected chi connectivity index (χ2v) is 11.5. The molecule has 0 saturated carbocycles. The Bertz CT molecular complexity index is 869. The Morgan fingerprint density at radius 1 is 1.07 bits per heavy atom. The number of benzene rings is 1. The first-order chi connectivity index (χ1) is 14.0. The molecule has 1 aromatic rings. The van der Waals surface area contributed by atoms with Crippen LogP contribution in [0.1, 0.15) is 56.0 Å². The Balaban J connectivity index is 1.47. The third-order valence-corrected chi connectivity index (χ3v) is 7.65. The molecule has 2 heterocycles. The minimum atomic E-state index is -3.14. The summed E-state index contributed by atoms with van der Waals surface area (Å²) in [6, 6.07) is 6.96.